The van der Waals surface area contributed by atoms with Gasteiger partial charge in [-0.05, 0) is 88.0 Å². The molecule has 0 aliphatic carbocycles. The maximum absolute atomic E-state index is 12.6. The molecule has 0 bridgehead atoms. The number of rotatable bonds is 6. The van der Waals surface area contributed by atoms with Crippen molar-refractivity contribution in [1.29, 1.82) is 0 Å². The highest BCUT2D eigenvalue weighted by Gasteiger charge is 2.24. The molecule has 4 rings (SSSR count). The molecule has 162 valence electrons. The van der Waals surface area contributed by atoms with Crippen molar-refractivity contribution in [2.45, 2.75) is 26.3 Å². The summed E-state index contributed by atoms with van der Waals surface area (Å²) in [7, 11) is 4.25. The van der Waals surface area contributed by atoms with Crippen molar-refractivity contribution in [1.82, 2.24) is 4.90 Å². The van der Waals surface area contributed by atoms with Crippen LogP contribution in [0.2, 0.25) is 0 Å². The number of amides is 1. The Morgan fingerprint density at radius 2 is 1.77 bits per heavy atom. The predicted molar refractivity (Wildman–Crippen MR) is 123 cm³/mol. The van der Waals surface area contributed by atoms with Crippen LogP contribution in [-0.2, 0) is 0 Å². The number of furan rings is 1. The lowest BCUT2D eigenvalue weighted by molar-refractivity contribution is 0.0992. The van der Waals surface area contributed by atoms with Gasteiger partial charge in [0.15, 0.2) is 5.76 Å². The zero-order valence-corrected chi connectivity index (χ0v) is 18.5. The van der Waals surface area contributed by atoms with Crippen molar-refractivity contribution in [3.05, 3.63) is 71.5 Å². The summed E-state index contributed by atoms with van der Waals surface area (Å²) < 4.78 is 11.4. The molecular weight excluding hydrogens is 390 g/mol. The Kier molecular flexibility index (Phi) is 6.00. The fraction of sp³-hybridized carbons (Fsp3) is 0.320. The van der Waals surface area contributed by atoms with Gasteiger partial charge in [-0.25, -0.2) is 0 Å². The number of likely N-dealkylation sites (N-methyl/N-ethyl adjacent to an activating group) is 1. The number of nitrogens with one attached hydrogen (secondary N) is 1. The van der Waals surface area contributed by atoms with Gasteiger partial charge in [0.25, 0.3) is 11.9 Å². The molecule has 1 saturated heterocycles. The summed E-state index contributed by atoms with van der Waals surface area (Å²) in [6.07, 6.45) is 1.16. The van der Waals surface area contributed by atoms with Crippen molar-refractivity contribution in [2.75, 3.05) is 37.4 Å². The predicted octanol–water partition coefficient (Wildman–Crippen LogP) is 5.08. The third kappa shape index (κ3) is 5.09. The van der Waals surface area contributed by atoms with Crippen LogP contribution >= 0.6 is 0 Å². The molecule has 1 aliphatic rings. The SMILES string of the molecule is Cc1cc(C)cc(Oc2ccc(C(=O)Nc3ccc(N4CCC(N(C)C)C4)cc3)o2)c1. The van der Waals surface area contributed by atoms with Crippen LogP contribution in [0.15, 0.2) is 59.0 Å². The Morgan fingerprint density at radius 3 is 2.42 bits per heavy atom. The number of ether oxygens (including phenoxy) is 1. The molecule has 1 unspecified atom stereocenters. The highest BCUT2D eigenvalue weighted by atomic mass is 16.6. The summed E-state index contributed by atoms with van der Waals surface area (Å²) in [4.78, 5) is 17.2. The molecular formula is C25H29N3O3. The molecule has 1 aliphatic heterocycles. The molecule has 1 fully saturated rings. The Bertz CT molecular complexity index is 1040. The molecule has 1 amide bonds. The fourth-order valence-corrected chi connectivity index (χ4v) is 3.95. The van der Waals surface area contributed by atoms with E-state index in [1.54, 1.807) is 12.1 Å². The van der Waals surface area contributed by atoms with Gasteiger partial charge in [0.1, 0.15) is 5.75 Å². The van der Waals surface area contributed by atoms with E-state index in [2.05, 4.69) is 35.3 Å². The number of aryl methyl sites for hydroxylation is 2. The highest BCUT2D eigenvalue weighted by Crippen LogP contribution is 2.27. The Hall–Kier alpha value is -3.25. The molecule has 2 aromatic carbocycles. The van der Waals surface area contributed by atoms with Crippen LogP contribution in [0.3, 0.4) is 0 Å². The number of benzene rings is 2. The third-order valence-corrected chi connectivity index (χ3v) is 5.60. The minimum atomic E-state index is -0.308. The molecule has 0 radical (unpaired) electrons. The van der Waals surface area contributed by atoms with Crippen molar-refractivity contribution < 1.29 is 13.9 Å². The van der Waals surface area contributed by atoms with E-state index >= 15 is 0 Å². The topological polar surface area (TPSA) is 58.0 Å². The smallest absolute Gasteiger partial charge is 0.291 e. The molecule has 0 saturated carbocycles. The second kappa shape index (κ2) is 8.86. The first-order valence-electron chi connectivity index (χ1n) is 10.6. The van der Waals surface area contributed by atoms with E-state index < -0.39 is 0 Å². The fourth-order valence-electron chi connectivity index (χ4n) is 3.95. The molecule has 6 nitrogen and oxygen atoms in total. The van der Waals surface area contributed by atoms with Crippen LogP contribution < -0.4 is 15.0 Å². The number of carbonyl (C=O) groups is 1. The van der Waals surface area contributed by atoms with Gasteiger partial charge in [-0.1, -0.05) is 6.07 Å². The maximum atomic E-state index is 12.6. The Morgan fingerprint density at radius 1 is 1.06 bits per heavy atom. The zero-order chi connectivity index (χ0) is 22.0. The van der Waals surface area contributed by atoms with Crippen LogP contribution in [-0.4, -0.2) is 44.0 Å². The van der Waals surface area contributed by atoms with Gasteiger partial charge in [0.05, 0.1) is 0 Å². The lowest BCUT2D eigenvalue weighted by atomic mass is 10.1. The van der Waals surface area contributed by atoms with Gasteiger partial charge in [-0.15, -0.1) is 0 Å². The first-order valence-corrected chi connectivity index (χ1v) is 10.6. The largest absolute Gasteiger partial charge is 0.426 e. The van der Waals surface area contributed by atoms with Crippen molar-refractivity contribution >= 4 is 17.3 Å². The molecule has 31 heavy (non-hydrogen) atoms. The maximum Gasteiger partial charge on any atom is 0.291 e. The lowest BCUT2D eigenvalue weighted by Crippen LogP contribution is -2.31. The van der Waals surface area contributed by atoms with Gasteiger partial charge < -0.3 is 24.3 Å². The van der Waals surface area contributed by atoms with E-state index in [-0.39, 0.29) is 17.6 Å². The minimum Gasteiger partial charge on any atom is -0.426 e. The van der Waals surface area contributed by atoms with E-state index in [1.807, 2.05) is 50.2 Å². The normalized spacial score (nSPS) is 16.0. The summed E-state index contributed by atoms with van der Waals surface area (Å²) in [6, 6.07) is 17.7. The van der Waals surface area contributed by atoms with Crippen molar-refractivity contribution in [2.24, 2.45) is 0 Å². The molecule has 1 N–H and O–H groups in total. The zero-order valence-electron chi connectivity index (χ0n) is 18.5. The van der Waals surface area contributed by atoms with Crippen LogP contribution in [0.5, 0.6) is 11.7 Å². The van der Waals surface area contributed by atoms with Gasteiger partial charge >= 0.3 is 0 Å². The van der Waals surface area contributed by atoms with Crippen molar-refractivity contribution in [3.8, 4) is 11.7 Å². The van der Waals surface area contributed by atoms with Gasteiger partial charge in [-0.2, -0.15) is 0 Å². The first kappa shape index (κ1) is 21.0. The van der Waals surface area contributed by atoms with E-state index in [0.29, 0.717) is 11.8 Å². The average molecular weight is 420 g/mol. The Labute approximate surface area is 183 Å². The van der Waals surface area contributed by atoms with E-state index in [9.17, 15) is 4.79 Å². The number of hydrogen-bond donors (Lipinski definition) is 1. The second-order valence-corrected chi connectivity index (χ2v) is 8.40. The average Bonchev–Trinajstić information content (AvgIpc) is 3.38. The number of carbonyl (C=O) groups excluding carboxylic acids is 1. The van der Waals surface area contributed by atoms with Crippen LogP contribution in [0.1, 0.15) is 28.1 Å². The van der Waals surface area contributed by atoms with Gasteiger partial charge in [0, 0.05) is 36.6 Å². The summed E-state index contributed by atoms with van der Waals surface area (Å²) in [5.74, 6) is 0.872. The van der Waals surface area contributed by atoms with E-state index in [0.717, 1.165) is 36.3 Å². The highest BCUT2D eigenvalue weighted by molar-refractivity contribution is 6.02. The summed E-state index contributed by atoms with van der Waals surface area (Å²) in [5.41, 5.74) is 4.11. The number of nitrogens with zero attached hydrogens (tertiary/aromatic N) is 2. The lowest BCUT2D eigenvalue weighted by Gasteiger charge is -2.22. The Balaban J connectivity index is 1.36. The monoisotopic (exact) mass is 419 g/mol. The molecule has 0 spiro atoms. The standard InChI is InChI=1S/C25H29N3O3/c1-17-13-18(2)15-22(14-17)30-24-10-9-23(31-24)25(29)26-19-5-7-20(8-6-19)28-12-11-21(16-28)27(3)4/h5-10,13-15,21H,11-12,16H2,1-4H3,(H,26,29). The van der Waals surface area contributed by atoms with Crippen LogP contribution in [0, 0.1) is 13.8 Å². The minimum absolute atomic E-state index is 0.205. The molecule has 1 aromatic heterocycles. The van der Waals surface area contributed by atoms with Gasteiger partial charge in [-0.3, -0.25) is 4.79 Å². The van der Waals surface area contributed by atoms with Gasteiger partial charge in [0.2, 0.25) is 0 Å². The quantitative estimate of drug-likeness (QED) is 0.604. The molecule has 6 heteroatoms. The van der Waals surface area contributed by atoms with E-state index in [1.165, 1.54) is 5.69 Å². The van der Waals surface area contributed by atoms with Crippen LogP contribution in [0.25, 0.3) is 0 Å². The van der Waals surface area contributed by atoms with Crippen molar-refractivity contribution in [3.63, 3.8) is 0 Å². The van der Waals surface area contributed by atoms with Crippen LogP contribution in [0.4, 0.5) is 11.4 Å². The summed E-state index contributed by atoms with van der Waals surface area (Å²) >= 11 is 0. The summed E-state index contributed by atoms with van der Waals surface area (Å²) in [5, 5.41) is 2.88. The summed E-state index contributed by atoms with van der Waals surface area (Å²) in [6.45, 7) is 6.09. The first-order chi connectivity index (χ1) is 14.9. The number of anilines is 2. The molecule has 1 atom stereocenters. The third-order valence-electron chi connectivity index (χ3n) is 5.60. The van der Waals surface area contributed by atoms with E-state index in [4.69, 9.17) is 9.15 Å². The molecule has 2 heterocycles. The molecule has 3 aromatic rings. The second-order valence-electron chi connectivity index (χ2n) is 8.40. The number of hydrogen-bond acceptors (Lipinski definition) is 5.